The number of rotatable bonds is 3. The van der Waals surface area contributed by atoms with Gasteiger partial charge in [-0.15, -0.1) is 0 Å². The van der Waals surface area contributed by atoms with Crippen LogP contribution in [0.3, 0.4) is 0 Å². The van der Waals surface area contributed by atoms with Gasteiger partial charge >= 0.3 is 5.97 Å². The fraction of sp³-hybridized carbons (Fsp3) is 0. The van der Waals surface area contributed by atoms with Gasteiger partial charge in [0, 0.05) is 11.1 Å². The van der Waals surface area contributed by atoms with E-state index in [1.165, 1.54) is 6.07 Å². The molecule has 2 rings (SSSR count). The summed E-state index contributed by atoms with van der Waals surface area (Å²) in [5, 5.41) is 8.86. The minimum atomic E-state index is -1.22. The Labute approximate surface area is 104 Å². The summed E-state index contributed by atoms with van der Waals surface area (Å²) in [7, 11) is 0. The molecule has 90 valence electrons. The second kappa shape index (κ2) is 4.84. The van der Waals surface area contributed by atoms with Gasteiger partial charge in [-0.05, 0) is 5.56 Å². The Kier molecular flexibility index (Phi) is 3.24. The van der Waals surface area contributed by atoms with E-state index in [2.05, 4.69) is 6.58 Å². The minimum absolute atomic E-state index is 0.0175. The van der Waals surface area contributed by atoms with Crippen LogP contribution in [0.1, 0.15) is 5.56 Å². The number of halogens is 1. The lowest BCUT2D eigenvalue weighted by Crippen LogP contribution is -2.01. The van der Waals surface area contributed by atoms with Crippen molar-refractivity contribution >= 4 is 11.5 Å². The summed E-state index contributed by atoms with van der Waals surface area (Å²) in [4.78, 5) is 10.8. The van der Waals surface area contributed by atoms with Gasteiger partial charge in [-0.2, -0.15) is 0 Å². The second-order valence-corrected chi connectivity index (χ2v) is 3.82. The fourth-order valence-electron chi connectivity index (χ4n) is 1.72. The smallest absolute Gasteiger partial charge is 0.335 e. The summed E-state index contributed by atoms with van der Waals surface area (Å²) in [5.74, 6) is -1.78. The Hall–Kier alpha value is -2.42. The lowest BCUT2D eigenvalue weighted by molar-refractivity contribution is -0.130. The standard InChI is InChI=1S/C15H11FO2/c1-10(15(17)18)12-8-5-9-13(14(12)16)11-6-3-2-4-7-11/h2-9H,1H2,(H,17,18). The Morgan fingerprint density at radius 1 is 1.06 bits per heavy atom. The molecule has 0 unspecified atom stereocenters. The first-order valence-corrected chi connectivity index (χ1v) is 5.37. The molecule has 0 aliphatic rings. The summed E-state index contributed by atoms with van der Waals surface area (Å²) in [6, 6.07) is 13.6. The van der Waals surface area contributed by atoms with Crippen molar-refractivity contribution in [2.45, 2.75) is 0 Å². The van der Waals surface area contributed by atoms with Crippen molar-refractivity contribution in [2.24, 2.45) is 0 Å². The zero-order valence-corrected chi connectivity index (χ0v) is 9.56. The Morgan fingerprint density at radius 3 is 2.33 bits per heavy atom. The van der Waals surface area contributed by atoms with Gasteiger partial charge in [0.05, 0.1) is 5.57 Å². The summed E-state index contributed by atoms with van der Waals surface area (Å²) in [5.41, 5.74) is 0.847. The van der Waals surface area contributed by atoms with Crippen molar-refractivity contribution in [3.63, 3.8) is 0 Å². The molecular weight excluding hydrogens is 231 g/mol. The Bertz CT molecular complexity index is 603. The molecule has 0 aliphatic heterocycles. The van der Waals surface area contributed by atoms with Crippen LogP contribution in [0.15, 0.2) is 55.1 Å². The third kappa shape index (κ3) is 2.15. The monoisotopic (exact) mass is 242 g/mol. The van der Waals surface area contributed by atoms with E-state index in [4.69, 9.17) is 5.11 Å². The first-order chi connectivity index (χ1) is 8.61. The molecule has 0 aromatic heterocycles. The molecule has 0 aliphatic carbocycles. The predicted molar refractivity (Wildman–Crippen MR) is 68.5 cm³/mol. The first-order valence-electron chi connectivity index (χ1n) is 5.37. The molecule has 0 fully saturated rings. The van der Waals surface area contributed by atoms with Gasteiger partial charge < -0.3 is 5.11 Å². The number of hydrogen-bond acceptors (Lipinski definition) is 1. The van der Waals surface area contributed by atoms with Crippen LogP contribution in [0, 0.1) is 5.82 Å². The van der Waals surface area contributed by atoms with Crippen LogP contribution in [-0.2, 0) is 4.79 Å². The fourth-order valence-corrected chi connectivity index (χ4v) is 1.72. The Morgan fingerprint density at radius 2 is 1.72 bits per heavy atom. The quantitative estimate of drug-likeness (QED) is 0.835. The number of carboxylic acids is 1. The van der Waals surface area contributed by atoms with Gasteiger partial charge in [-0.25, -0.2) is 9.18 Å². The lowest BCUT2D eigenvalue weighted by Gasteiger charge is -2.08. The van der Waals surface area contributed by atoms with E-state index in [9.17, 15) is 9.18 Å². The van der Waals surface area contributed by atoms with Crippen molar-refractivity contribution in [3.05, 3.63) is 66.5 Å². The van der Waals surface area contributed by atoms with Gasteiger partial charge in [0.2, 0.25) is 0 Å². The number of aliphatic carboxylic acids is 1. The summed E-state index contributed by atoms with van der Waals surface area (Å²) >= 11 is 0. The van der Waals surface area contributed by atoms with Gasteiger partial charge in [-0.3, -0.25) is 0 Å². The van der Waals surface area contributed by atoms with Crippen LogP contribution in [0.5, 0.6) is 0 Å². The van der Waals surface area contributed by atoms with Gasteiger partial charge in [0.1, 0.15) is 5.82 Å². The van der Waals surface area contributed by atoms with Crippen molar-refractivity contribution < 1.29 is 14.3 Å². The Balaban J connectivity index is 2.56. The minimum Gasteiger partial charge on any atom is -0.478 e. The molecule has 18 heavy (non-hydrogen) atoms. The van der Waals surface area contributed by atoms with E-state index in [0.29, 0.717) is 11.1 Å². The summed E-state index contributed by atoms with van der Waals surface area (Å²) in [6.45, 7) is 3.38. The van der Waals surface area contributed by atoms with Crippen LogP contribution >= 0.6 is 0 Å². The summed E-state index contributed by atoms with van der Waals surface area (Å²) in [6.07, 6.45) is 0. The highest BCUT2D eigenvalue weighted by molar-refractivity contribution is 6.14. The number of carboxylic acid groups (broad SMARTS) is 1. The molecule has 3 heteroatoms. The van der Waals surface area contributed by atoms with Crippen LogP contribution in [0.4, 0.5) is 4.39 Å². The van der Waals surface area contributed by atoms with Gasteiger partial charge in [0.25, 0.3) is 0 Å². The summed E-state index contributed by atoms with van der Waals surface area (Å²) < 4.78 is 14.2. The SMILES string of the molecule is C=C(C(=O)O)c1cccc(-c2ccccc2)c1F. The van der Waals surface area contributed by atoms with Crippen LogP contribution in [0.25, 0.3) is 16.7 Å². The lowest BCUT2D eigenvalue weighted by atomic mass is 9.99. The average molecular weight is 242 g/mol. The van der Waals surface area contributed by atoms with E-state index in [-0.39, 0.29) is 11.1 Å². The topological polar surface area (TPSA) is 37.3 Å². The maximum absolute atomic E-state index is 14.2. The van der Waals surface area contributed by atoms with Crippen molar-refractivity contribution in [1.82, 2.24) is 0 Å². The van der Waals surface area contributed by atoms with E-state index in [0.717, 1.165) is 0 Å². The van der Waals surface area contributed by atoms with E-state index in [1.807, 2.05) is 6.07 Å². The molecule has 1 N–H and O–H groups in total. The maximum atomic E-state index is 14.2. The molecule has 0 saturated carbocycles. The third-order valence-electron chi connectivity index (χ3n) is 2.67. The van der Waals surface area contributed by atoms with Crippen molar-refractivity contribution in [1.29, 1.82) is 0 Å². The molecule has 0 atom stereocenters. The molecule has 0 radical (unpaired) electrons. The van der Waals surface area contributed by atoms with Gasteiger partial charge in [-0.1, -0.05) is 55.1 Å². The molecule has 2 aromatic rings. The largest absolute Gasteiger partial charge is 0.478 e. The molecule has 2 aromatic carbocycles. The van der Waals surface area contributed by atoms with Crippen molar-refractivity contribution in [3.8, 4) is 11.1 Å². The normalized spacial score (nSPS) is 10.1. The van der Waals surface area contributed by atoms with Crippen LogP contribution < -0.4 is 0 Å². The number of carbonyl (C=O) groups is 1. The first kappa shape index (κ1) is 12.0. The zero-order chi connectivity index (χ0) is 13.1. The highest BCUT2D eigenvalue weighted by Crippen LogP contribution is 2.27. The molecule has 0 heterocycles. The van der Waals surface area contributed by atoms with Crippen LogP contribution in [-0.4, -0.2) is 11.1 Å². The van der Waals surface area contributed by atoms with Crippen LogP contribution in [0.2, 0.25) is 0 Å². The molecule has 0 saturated heterocycles. The predicted octanol–water partition coefficient (Wildman–Crippen LogP) is 3.59. The molecular formula is C15H11FO2. The van der Waals surface area contributed by atoms with Crippen molar-refractivity contribution in [2.75, 3.05) is 0 Å². The van der Waals surface area contributed by atoms with E-state index < -0.39 is 11.8 Å². The third-order valence-corrected chi connectivity index (χ3v) is 2.67. The molecule has 0 bridgehead atoms. The molecule has 0 spiro atoms. The molecule has 2 nitrogen and oxygen atoms in total. The average Bonchev–Trinajstić information content (AvgIpc) is 2.39. The van der Waals surface area contributed by atoms with E-state index >= 15 is 0 Å². The van der Waals surface area contributed by atoms with Gasteiger partial charge in [0.15, 0.2) is 0 Å². The number of hydrogen-bond donors (Lipinski definition) is 1. The maximum Gasteiger partial charge on any atom is 0.335 e. The number of benzene rings is 2. The van der Waals surface area contributed by atoms with E-state index in [1.54, 1.807) is 36.4 Å². The highest BCUT2D eigenvalue weighted by atomic mass is 19.1. The second-order valence-electron chi connectivity index (χ2n) is 3.82. The molecule has 0 amide bonds. The highest BCUT2D eigenvalue weighted by Gasteiger charge is 2.15. The zero-order valence-electron chi connectivity index (χ0n) is 9.56.